The van der Waals surface area contributed by atoms with Gasteiger partial charge in [0.25, 0.3) is 0 Å². The average Bonchev–Trinajstić information content (AvgIpc) is 3.33. The Bertz CT molecular complexity index is 1130. The lowest BCUT2D eigenvalue weighted by Crippen LogP contribution is -2.45. The molecule has 6 heteroatoms. The Morgan fingerprint density at radius 3 is 1.18 bits per heavy atom. The van der Waals surface area contributed by atoms with Crippen molar-refractivity contribution in [3.8, 4) is 0 Å². The van der Waals surface area contributed by atoms with Gasteiger partial charge in [0.1, 0.15) is 0 Å². The van der Waals surface area contributed by atoms with Crippen molar-refractivity contribution >= 4 is 11.9 Å². The highest BCUT2D eigenvalue weighted by Crippen LogP contribution is 2.16. The van der Waals surface area contributed by atoms with Crippen LogP contribution in [0, 0.1) is 0 Å². The van der Waals surface area contributed by atoms with Crippen LogP contribution < -0.4 is 5.32 Å². The Balaban J connectivity index is 3.46. The molecule has 0 aliphatic carbocycles. The molecule has 0 aromatic rings. The Labute approximate surface area is 416 Å². The third-order valence-corrected chi connectivity index (χ3v) is 13.3. The molecule has 2 atom stereocenters. The fourth-order valence-electron chi connectivity index (χ4n) is 8.78. The Hall–Kier alpha value is -2.18. The number of amides is 1. The lowest BCUT2D eigenvalue weighted by Gasteiger charge is -2.20. The van der Waals surface area contributed by atoms with Crippen molar-refractivity contribution in [3.05, 3.63) is 48.6 Å². The summed E-state index contributed by atoms with van der Waals surface area (Å²) in [4.78, 5) is 24.4. The molecule has 0 saturated carbocycles. The van der Waals surface area contributed by atoms with Crippen LogP contribution >= 0.6 is 0 Å². The first-order valence-electron chi connectivity index (χ1n) is 29.4. The molecule has 0 radical (unpaired) electrons. The molecule has 0 aliphatic rings. The van der Waals surface area contributed by atoms with Gasteiger partial charge in [0.05, 0.1) is 25.4 Å². The second-order valence-corrected chi connectivity index (χ2v) is 20.0. The Morgan fingerprint density at radius 2 is 0.746 bits per heavy atom. The van der Waals surface area contributed by atoms with Crippen molar-refractivity contribution < 1.29 is 24.5 Å². The number of hydrogen-bond donors (Lipinski definition) is 3. The molecule has 1 amide bonds. The van der Waals surface area contributed by atoms with Crippen LogP contribution in [-0.2, 0) is 14.3 Å². The number of aliphatic hydroxyl groups excluding tert-OH is 2. The first-order chi connectivity index (χ1) is 33.0. The largest absolute Gasteiger partial charge is 0.466 e. The highest BCUT2D eigenvalue weighted by molar-refractivity contribution is 5.76. The third kappa shape index (κ3) is 53.0. The van der Waals surface area contributed by atoms with E-state index in [9.17, 15) is 19.8 Å². The number of nitrogens with one attached hydrogen (secondary N) is 1. The van der Waals surface area contributed by atoms with Gasteiger partial charge in [0.15, 0.2) is 0 Å². The summed E-state index contributed by atoms with van der Waals surface area (Å²) in [7, 11) is 0. The van der Waals surface area contributed by atoms with Gasteiger partial charge in [-0.05, 0) is 89.9 Å². The van der Waals surface area contributed by atoms with Crippen LogP contribution in [0.4, 0.5) is 0 Å². The molecular weight excluding hydrogens is 827 g/mol. The van der Waals surface area contributed by atoms with Gasteiger partial charge in [-0.3, -0.25) is 9.59 Å². The number of allylic oxidation sites excluding steroid dienone is 7. The summed E-state index contributed by atoms with van der Waals surface area (Å²) in [5.41, 5.74) is 0. The zero-order valence-electron chi connectivity index (χ0n) is 44.6. The molecule has 0 heterocycles. The quantitative estimate of drug-likeness (QED) is 0.0321. The minimum atomic E-state index is -0.848. The van der Waals surface area contributed by atoms with E-state index in [4.69, 9.17) is 4.74 Å². The van der Waals surface area contributed by atoms with E-state index in [1.54, 1.807) is 6.08 Å². The highest BCUT2D eigenvalue weighted by atomic mass is 16.5. The van der Waals surface area contributed by atoms with Gasteiger partial charge in [0, 0.05) is 12.8 Å². The van der Waals surface area contributed by atoms with E-state index in [0.717, 1.165) is 51.4 Å². The van der Waals surface area contributed by atoms with E-state index in [1.807, 2.05) is 6.08 Å². The van der Waals surface area contributed by atoms with Crippen LogP contribution in [0.3, 0.4) is 0 Å². The van der Waals surface area contributed by atoms with Crippen molar-refractivity contribution in [2.75, 3.05) is 13.2 Å². The van der Waals surface area contributed by atoms with Crippen LogP contribution in [0.2, 0.25) is 0 Å². The van der Waals surface area contributed by atoms with Crippen LogP contribution in [-0.4, -0.2) is 47.4 Å². The molecule has 2 unspecified atom stereocenters. The molecule has 0 aromatic carbocycles. The van der Waals surface area contributed by atoms with Gasteiger partial charge in [-0.2, -0.15) is 0 Å². The summed E-state index contributed by atoms with van der Waals surface area (Å²) in [5, 5.41) is 23.1. The molecule has 3 N–H and O–H groups in total. The zero-order chi connectivity index (χ0) is 48.6. The summed E-state index contributed by atoms with van der Waals surface area (Å²) in [6.07, 6.45) is 71.4. The van der Waals surface area contributed by atoms with Crippen molar-refractivity contribution in [1.29, 1.82) is 0 Å². The molecule has 0 aromatic heterocycles. The van der Waals surface area contributed by atoms with Crippen molar-refractivity contribution in [1.82, 2.24) is 5.32 Å². The molecule has 0 bridgehead atoms. The average molecular weight is 941 g/mol. The molecule has 0 fully saturated rings. The number of rotatable bonds is 54. The first-order valence-corrected chi connectivity index (χ1v) is 29.4. The molecular formula is C61H113NO5. The highest BCUT2D eigenvalue weighted by Gasteiger charge is 2.18. The van der Waals surface area contributed by atoms with Crippen LogP contribution in [0.25, 0.3) is 0 Å². The van der Waals surface area contributed by atoms with Crippen LogP contribution in [0.5, 0.6) is 0 Å². The maximum Gasteiger partial charge on any atom is 0.305 e. The number of hydrogen-bond acceptors (Lipinski definition) is 5. The second-order valence-electron chi connectivity index (χ2n) is 20.0. The lowest BCUT2D eigenvalue weighted by molar-refractivity contribution is -0.143. The van der Waals surface area contributed by atoms with Crippen molar-refractivity contribution in [2.45, 2.75) is 315 Å². The van der Waals surface area contributed by atoms with Crippen LogP contribution in [0.15, 0.2) is 48.6 Å². The van der Waals surface area contributed by atoms with E-state index < -0.39 is 12.1 Å². The summed E-state index contributed by atoms with van der Waals surface area (Å²) >= 11 is 0. The van der Waals surface area contributed by atoms with E-state index >= 15 is 0 Å². The molecule has 6 nitrogen and oxygen atoms in total. The second kappa shape index (κ2) is 56.4. The van der Waals surface area contributed by atoms with E-state index in [-0.39, 0.29) is 18.5 Å². The zero-order valence-corrected chi connectivity index (χ0v) is 44.6. The Morgan fingerprint density at radius 1 is 0.418 bits per heavy atom. The van der Waals surface area contributed by atoms with Gasteiger partial charge in [0.2, 0.25) is 5.91 Å². The number of ether oxygens (including phenoxy) is 1. The topological polar surface area (TPSA) is 95.9 Å². The monoisotopic (exact) mass is 940 g/mol. The molecule has 67 heavy (non-hydrogen) atoms. The molecule has 0 aliphatic heterocycles. The minimum absolute atomic E-state index is 0.00218. The number of aliphatic hydroxyl groups is 2. The summed E-state index contributed by atoms with van der Waals surface area (Å²) in [6, 6.07) is -0.632. The maximum atomic E-state index is 12.4. The van der Waals surface area contributed by atoms with Gasteiger partial charge in [-0.1, -0.05) is 249 Å². The SMILES string of the molecule is CCCCC/C=C\CCCCCCCC(=O)OCCCCCCCCCCC/C=C\C/C=C\CCCCCCCCCCCC(=O)NC(CO)C(O)/C=C/CCCCCCCCCCCCC. The standard InChI is InChI=1S/C61H113NO5/c1-3-5-7-9-11-13-15-30-33-37-41-45-49-53-59(64)58(57-63)62-60(65)54-50-46-42-38-34-31-28-26-24-22-20-18-17-19-21-23-25-27-29-32-36-40-44-48-52-56-67-61(66)55-51-47-43-39-35-16-14-12-10-8-6-4-2/h12,14,18-21,49,53,58-59,63-64H,3-11,13,15-17,22-48,50-52,54-57H2,1-2H3,(H,62,65)/b14-12-,20-18-,21-19-,53-49+. The fraction of sp³-hybridized carbons (Fsp3) is 0.836. The van der Waals surface area contributed by atoms with Crippen LogP contribution in [0.1, 0.15) is 303 Å². The maximum absolute atomic E-state index is 12.4. The molecule has 0 saturated heterocycles. The number of unbranched alkanes of at least 4 members (excludes halogenated alkanes) is 37. The molecule has 0 spiro atoms. The van der Waals surface area contributed by atoms with Gasteiger partial charge in [-0.15, -0.1) is 0 Å². The first kappa shape index (κ1) is 64.8. The van der Waals surface area contributed by atoms with Gasteiger partial charge < -0.3 is 20.3 Å². The molecule has 0 rings (SSSR count). The van der Waals surface area contributed by atoms with Gasteiger partial charge in [-0.25, -0.2) is 0 Å². The third-order valence-electron chi connectivity index (χ3n) is 13.3. The van der Waals surface area contributed by atoms with Crippen molar-refractivity contribution in [2.24, 2.45) is 0 Å². The molecule has 392 valence electrons. The summed E-state index contributed by atoms with van der Waals surface area (Å²) < 4.78 is 5.46. The smallest absolute Gasteiger partial charge is 0.305 e. The lowest BCUT2D eigenvalue weighted by atomic mass is 10.0. The van der Waals surface area contributed by atoms with E-state index in [1.165, 1.54) is 225 Å². The number of carbonyl (C=O) groups excluding carboxylic acids is 2. The van der Waals surface area contributed by atoms with Crippen molar-refractivity contribution in [3.63, 3.8) is 0 Å². The predicted molar refractivity (Wildman–Crippen MR) is 292 cm³/mol. The number of carbonyl (C=O) groups is 2. The Kier molecular flexibility index (Phi) is 54.6. The minimum Gasteiger partial charge on any atom is -0.466 e. The van der Waals surface area contributed by atoms with Gasteiger partial charge >= 0.3 is 5.97 Å². The van der Waals surface area contributed by atoms with E-state index in [0.29, 0.717) is 19.4 Å². The predicted octanol–water partition coefficient (Wildman–Crippen LogP) is 18.2. The number of esters is 1. The summed E-state index contributed by atoms with van der Waals surface area (Å²) in [5.74, 6) is -0.0770. The summed E-state index contributed by atoms with van der Waals surface area (Å²) in [6.45, 7) is 4.87. The van der Waals surface area contributed by atoms with E-state index in [2.05, 4.69) is 55.6 Å². The normalized spacial score (nSPS) is 13.0. The fourth-order valence-corrected chi connectivity index (χ4v) is 8.78.